The highest BCUT2D eigenvalue weighted by Crippen LogP contribution is 2.15. The largest absolute Gasteiger partial charge is 0.378 e. The molecule has 2 aliphatic heterocycles. The molecular weight excluding hydrogens is 244 g/mol. The summed E-state index contributed by atoms with van der Waals surface area (Å²) >= 11 is 0. The highest BCUT2D eigenvalue weighted by Gasteiger charge is 2.20. The van der Waals surface area contributed by atoms with Crippen molar-refractivity contribution in [3.63, 3.8) is 0 Å². The van der Waals surface area contributed by atoms with Gasteiger partial charge in [-0.3, -0.25) is 4.79 Å². The highest BCUT2D eigenvalue weighted by atomic mass is 16.5. The molecule has 2 saturated heterocycles. The summed E-state index contributed by atoms with van der Waals surface area (Å²) in [7, 11) is 0. The fraction of sp³-hybridized carbons (Fsp3) is 0.857. The summed E-state index contributed by atoms with van der Waals surface area (Å²) in [6.07, 6.45) is 4.70. The molecule has 0 aromatic carbocycles. The molecule has 5 nitrogen and oxygen atoms in total. The fourth-order valence-electron chi connectivity index (χ4n) is 2.83. The van der Waals surface area contributed by atoms with Gasteiger partial charge in [-0.1, -0.05) is 0 Å². The van der Waals surface area contributed by atoms with E-state index < -0.39 is 0 Å². The van der Waals surface area contributed by atoms with Crippen LogP contribution in [0, 0.1) is 5.92 Å². The fourth-order valence-corrected chi connectivity index (χ4v) is 2.83. The van der Waals surface area contributed by atoms with Crippen molar-refractivity contribution in [1.82, 2.24) is 9.80 Å². The lowest BCUT2D eigenvalue weighted by Gasteiger charge is -2.30. The summed E-state index contributed by atoms with van der Waals surface area (Å²) < 4.78 is 5.24. The Morgan fingerprint density at radius 2 is 2.05 bits per heavy atom. The number of morpholine rings is 1. The van der Waals surface area contributed by atoms with Crippen LogP contribution in [0.5, 0.6) is 0 Å². The minimum atomic E-state index is 0.198. The quantitative estimate of drug-likeness (QED) is 0.683. The molecule has 0 spiro atoms. The Balaban J connectivity index is 1.62. The second-order valence-corrected chi connectivity index (χ2v) is 5.44. The summed E-state index contributed by atoms with van der Waals surface area (Å²) in [4.78, 5) is 27.0. The van der Waals surface area contributed by atoms with Gasteiger partial charge in [0.05, 0.1) is 13.2 Å². The lowest BCUT2D eigenvalue weighted by atomic mass is 9.99. The van der Waals surface area contributed by atoms with Crippen LogP contribution in [-0.2, 0) is 14.3 Å². The first-order valence-corrected chi connectivity index (χ1v) is 7.33. The molecule has 2 fully saturated rings. The number of carbonyl (C=O) groups excluding carboxylic acids is 2. The molecular formula is C14H24N2O3. The van der Waals surface area contributed by atoms with Crippen molar-refractivity contribution in [2.24, 2.45) is 5.92 Å². The Morgan fingerprint density at radius 3 is 2.79 bits per heavy atom. The summed E-state index contributed by atoms with van der Waals surface area (Å²) in [6.45, 7) is 5.66. The van der Waals surface area contributed by atoms with Crippen LogP contribution in [0.15, 0.2) is 0 Å². The van der Waals surface area contributed by atoms with Crippen LogP contribution >= 0.6 is 0 Å². The zero-order valence-electron chi connectivity index (χ0n) is 11.6. The van der Waals surface area contributed by atoms with Crippen molar-refractivity contribution in [3.8, 4) is 0 Å². The van der Waals surface area contributed by atoms with Crippen LogP contribution in [0.4, 0.5) is 0 Å². The Morgan fingerprint density at radius 1 is 1.26 bits per heavy atom. The third-order valence-corrected chi connectivity index (χ3v) is 3.96. The van der Waals surface area contributed by atoms with Crippen LogP contribution in [0.2, 0.25) is 0 Å². The molecule has 1 atom stereocenters. The summed E-state index contributed by atoms with van der Waals surface area (Å²) in [5.41, 5.74) is 0. The maximum absolute atomic E-state index is 12.0. The van der Waals surface area contributed by atoms with E-state index in [1.807, 2.05) is 4.90 Å². The van der Waals surface area contributed by atoms with Gasteiger partial charge in [0, 0.05) is 32.0 Å². The van der Waals surface area contributed by atoms with E-state index in [-0.39, 0.29) is 11.8 Å². The second kappa shape index (κ2) is 7.60. The number of hydrogen-bond acceptors (Lipinski definition) is 4. The number of piperidine rings is 1. The number of ether oxygens (including phenoxy) is 1. The van der Waals surface area contributed by atoms with Crippen LogP contribution in [0.3, 0.4) is 0 Å². The first kappa shape index (κ1) is 14.5. The third-order valence-electron chi connectivity index (χ3n) is 3.96. The molecule has 108 valence electrons. The van der Waals surface area contributed by atoms with Gasteiger partial charge < -0.3 is 19.3 Å². The average Bonchev–Trinajstić information content (AvgIpc) is 2.48. The molecule has 2 rings (SSSR count). The summed E-state index contributed by atoms with van der Waals surface area (Å²) in [6, 6.07) is 0. The van der Waals surface area contributed by atoms with Crippen molar-refractivity contribution in [2.45, 2.75) is 25.7 Å². The molecule has 0 bridgehead atoms. The number of amides is 1. The topological polar surface area (TPSA) is 49.9 Å². The lowest BCUT2D eigenvalue weighted by molar-refractivity contribution is -0.135. The predicted molar refractivity (Wildman–Crippen MR) is 71.9 cm³/mol. The molecule has 0 radical (unpaired) electrons. The molecule has 0 aliphatic carbocycles. The van der Waals surface area contributed by atoms with Crippen molar-refractivity contribution >= 4 is 12.2 Å². The summed E-state index contributed by atoms with van der Waals surface area (Å²) in [5.74, 6) is 0.441. The van der Waals surface area contributed by atoms with Crippen LogP contribution < -0.4 is 0 Å². The zero-order chi connectivity index (χ0) is 13.5. The van der Waals surface area contributed by atoms with Gasteiger partial charge >= 0.3 is 0 Å². The second-order valence-electron chi connectivity index (χ2n) is 5.44. The minimum Gasteiger partial charge on any atom is -0.378 e. The predicted octanol–water partition coefficient (Wildman–Crippen LogP) is 0.536. The molecule has 19 heavy (non-hydrogen) atoms. The van der Waals surface area contributed by atoms with E-state index in [1.165, 1.54) is 0 Å². The van der Waals surface area contributed by atoms with E-state index in [1.54, 1.807) is 0 Å². The number of hydrogen-bond donors (Lipinski definition) is 0. The molecule has 0 aromatic heterocycles. The Kier molecular flexibility index (Phi) is 5.79. The van der Waals surface area contributed by atoms with Crippen LogP contribution in [0.25, 0.3) is 0 Å². The Labute approximate surface area is 114 Å². The molecule has 0 N–H and O–H groups in total. The Hall–Kier alpha value is -0.940. The van der Waals surface area contributed by atoms with Gasteiger partial charge in [0.15, 0.2) is 0 Å². The van der Waals surface area contributed by atoms with Gasteiger partial charge in [0.2, 0.25) is 5.91 Å². The molecule has 1 amide bonds. The van der Waals surface area contributed by atoms with Gasteiger partial charge in [-0.15, -0.1) is 0 Å². The average molecular weight is 268 g/mol. The minimum absolute atomic E-state index is 0.198. The molecule has 0 saturated carbocycles. The number of likely N-dealkylation sites (tertiary alicyclic amines) is 1. The number of aldehydes is 1. The first-order chi connectivity index (χ1) is 9.29. The molecule has 0 aromatic rings. The standard InChI is InChI=1S/C14H24N2O3/c17-12-13-3-1-5-15(11-13)6-2-4-14(18)16-7-9-19-10-8-16/h12-13H,1-11H2. The molecule has 1 unspecified atom stereocenters. The third kappa shape index (κ3) is 4.58. The van der Waals surface area contributed by atoms with E-state index in [2.05, 4.69) is 4.90 Å². The van der Waals surface area contributed by atoms with E-state index in [0.717, 1.165) is 58.3 Å². The van der Waals surface area contributed by atoms with Crippen molar-refractivity contribution in [2.75, 3.05) is 45.9 Å². The van der Waals surface area contributed by atoms with E-state index in [4.69, 9.17) is 4.74 Å². The van der Waals surface area contributed by atoms with E-state index >= 15 is 0 Å². The van der Waals surface area contributed by atoms with Crippen molar-refractivity contribution in [1.29, 1.82) is 0 Å². The molecule has 5 heteroatoms. The SMILES string of the molecule is O=CC1CCCN(CCCC(=O)N2CCOCC2)C1. The number of nitrogens with zero attached hydrogens (tertiary/aromatic N) is 2. The Bertz CT molecular complexity index is 303. The van der Waals surface area contributed by atoms with Crippen LogP contribution in [-0.4, -0.2) is 67.9 Å². The van der Waals surface area contributed by atoms with E-state index in [9.17, 15) is 9.59 Å². The monoisotopic (exact) mass is 268 g/mol. The van der Waals surface area contributed by atoms with Gasteiger partial charge in [0.1, 0.15) is 6.29 Å². The van der Waals surface area contributed by atoms with Gasteiger partial charge in [-0.05, 0) is 32.4 Å². The maximum atomic E-state index is 12.0. The zero-order valence-corrected chi connectivity index (χ0v) is 11.6. The first-order valence-electron chi connectivity index (χ1n) is 7.33. The maximum Gasteiger partial charge on any atom is 0.222 e. The van der Waals surface area contributed by atoms with Gasteiger partial charge in [0.25, 0.3) is 0 Å². The van der Waals surface area contributed by atoms with E-state index in [0.29, 0.717) is 19.6 Å². The van der Waals surface area contributed by atoms with Crippen molar-refractivity contribution in [3.05, 3.63) is 0 Å². The number of carbonyl (C=O) groups is 2. The lowest BCUT2D eigenvalue weighted by Crippen LogP contribution is -2.41. The number of rotatable bonds is 5. The smallest absolute Gasteiger partial charge is 0.222 e. The normalized spacial score (nSPS) is 25.3. The summed E-state index contributed by atoms with van der Waals surface area (Å²) in [5, 5.41) is 0. The highest BCUT2D eigenvalue weighted by molar-refractivity contribution is 5.76. The van der Waals surface area contributed by atoms with Crippen molar-refractivity contribution < 1.29 is 14.3 Å². The van der Waals surface area contributed by atoms with Gasteiger partial charge in [-0.2, -0.15) is 0 Å². The molecule has 2 heterocycles. The van der Waals surface area contributed by atoms with Crippen LogP contribution in [0.1, 0.15) is 25.7 Å². The van der Waals surface area contributed by atoms with Gasteiger partial charge in [-0.25, -0.2) is 0 Å². The molecule has 2 aliphatic rings.